The van der Waals surface area contributed by atoms with Crippen LogP contribution in [0.4, 0.5) is 0 Å². The molecule has 0 aliphatic carbocycles. The van der Waals surface area contributed by atoms with Crippen molar-refractivity contribution in [2.24, 2.45) is 0 Å². The van der Waals surface area contributed by atoms with E-state index in [-0.39, 0.29) is 11.5 Å². The van der Waals surface area contributed by atoms with Crippen molar-refractivity contribution in [2.75, 3.05) is 0 Å². The number of aromatic amines is 1. The number of hydrogen-bond acceptors (Lipinski definition) is 2. The van der Waals surface area contributed by atoms with E-state index in [1.54, 1.807) is 6.20 Å². The Morgan fingerprint density at radius 3 is 2.64 bits per heavy atom. The zero-order chi connectivity index (χ0) is 7.84. The van der Waals surface area contributed by atoms with Crippen LogP contribution in [0.5, 0.6) is 11.5 Å². The monoisotopic (exact) mass is 150 g/mol. The van der Waals surface area contributed by atoms with E-state index in [0.717, 1.165) is 10.9 Å². The summed E-state index contributed by atoms with van der Waals surface area (Å²) in [6, 6.07) is 4.83. The molecule has 3 N–H and O–H groups in total. The van der Waals surface area contributed by atoms with Crippen LogP contribution in [-0.2, 0) is 0 Å². The summed E-state index contributed by atoms with van der Waals surface area (Å²) < 4.78 is 0. The summed E-state index contributed by atoms with van der Waals surface area (Å²) in [7, 11) is 0. The van der Waals surface area contributed by atoms with E-state index in [4.69, 9.17) is 10.2 Å². The topological polar surface area (TPSA) is 56.2 Å². The van der Waals surface area contributed by atoms with Gasteiger partial charge in [0.15, 0.2) is 11.5 Å². The zero-order valence-corrected chi connectivity index (χ0v) is 5.70. The van der Waals surface area contributed by atoms with Crippen molar-refractivity contribution in [2.45, 2.75) is 0 Å². The summed E-state index contributed by atoms with van der Waals surface area (Å²) >= 11 is 0. The molecule has 11 heavy (non-hydrogen) atoms. The summed E-state index contributed by atoms with van der Waals surface area (Å²) in [4.78, 5) is 2.92. The van der Waals surface area contributed by atoms with Crippen molar-refractivity contribution in [3.63, 3.8) is 0 Å². The minimum Gasteiger partial charge on any atom is -0.504 e. The fourth-order valence-electron chi connectivity index (χ4n) is 1.08. The number of rotatable bonds is 0. The lowest BCUT2D eigenvalue weighted by atomic mass is 10.2. The van der Waals surface area contributed by atoms with Gasteiger partial charge in [0.2, 0.25) is 0 Å². The van der Waals surface area contributed by atoms with E-state index in [1.807, 2.05) is 6.07 Å². The van der Waals surface area contributed by atoms with Gasteiger partial charge in [0.1, 0.15) is 0 Å². The van der Waals surface area contributed by atoms with Gasteiger partial charge in [-0.3, -0.25) is 0 Å². The second-order valence-electron chi connectivity index (χ2n) is 2.41. The summed E-state index contributed by atoms with van der Waals surface area (Å²) in [5.74, 6) is -0.183. The van der Waals surface area contributed by atoms with Gasteiger partial charge in [-0.25, -0.2) is 0 Å². The number of benzene rings is 1. The molecule has 1 aromatic carbocycles. The number of hydrogen-bond donors (Lipinski definition) is 3. The summed E-state index contributed by atoms with van der Waals surface area (Å²) in [5.41, 5.74) is 0.820. The highest BCUT2D eigenvalue weighted by Crippen LogP contribution is 2.28. The standard InChI is InChI=1S/C8H7NO2/c10-7-3-5-1-2-9-6(5)4-8(7)11/h1-4,9-11H/i1+1. The Kier molecular flexibility index (Phi) is 1.06. The molecule has 0 atom stereocenters. The molecule has 0 saturated carbocycles. The van der Waals surface area contributed by atoms with Gasteiger partial charge in [-0.15, -0.1) is 0 Å². The molecule has 0 fully saturated rings. The number of fused-ring (bicyclic) bond motifs is 1. The van der Waals surface area contributed by atoms with E-state index >= 15 is 0 Å². The Bertz CT molecular complexity index is 356. The lowest BCUT2D eigenvalue weighted by Crippen LogP contribution is -1.69. The van der Waals surface area contributed by atoms with Crippen molar-refractivity contribution in [3.8, 4) is 11.5 Å². The van der Waals surface area contributed by atoms with Crippen LogP contribution >= 0.6 is 0 Å². The van der Waals surface area contributed by atoms with Gasteiger partial charge >= 0.3 is 0 Å². The van der Waals surface area contributed by atoms with Gasteiger partial charge in [0.05, 0.1) is 0 Å². The normalized spacial score (nSPS) is 10.5. The van der Waals surface area contributed by atoms with Crippen LogP contribution in [0.1, 0.15) is 0 Å². The number of phenols is 2. The summed E-state index contributed by atoms with van der Waals surface area (Å²) in [6.45, 7) is 0. The number of nitrogens with one attached hydrogen (secondary N) is 1. The van der Waals surface area contributed by atoms with Crippen molar-refractivity contribution in [3.05, 3.63) is 24.4 Å². The quantitative estimate of drug-likeness (QED) is 0.499. The average Bonchev–Trinajstić information content (AvgIpc) is 2.36. The second-order valence-corrected chi connectivity index (χ2v) is 2.41. The van der Waals surface area contributed by atoms with Gasteiger partial charge < -0.3 is 15.2 Å². The Labute approximate surface area is 62.9 Å². The molecule has 3 nitrogen and oxygen atoms in total. The Morgan fingerprint density at radius 2 is 1.82 bits per heavy atom. The Balaban J connectivity index is 2.86. The predicted octanol–water partition coefficient (Wildman–Crippen LogP) is 1.58. The van der Waals surface area contributed by atoms with Crippen LogP contribution in [0.25, 0.3) is 10.9 Å². The lowest BCUT2D eigenvalue weighted by Gasteiger charge is -1.95. The van der Waals surface area contributed by atoms with Crippen LogP contribution in [0.15, 0.2) is 24.4 Å². The molecule has 2 aromatic rings. The summed E-state index contributed by atoms with van der Waals surface area (Å²) in [6.07, 6.45) is 1.75. The minimum absolute atomic E-state index is 0.0860. The van der Waals surface area contributed by atoms with Gasteiger partial charge in [-0.05, 0) is 12.1 Å². The number of aromatic nitrogens is 1. The highest BCUT2D eigenvalue weighted by Gasteiger charge is 2.01. The average molecular weight is 150 g/mol. The zero-order valence-electron chi connectivity index (χ0n) is 5.70. The number of H-pyrrole nitrogens is 1. The number of phenolic OH excluding ortho intramolecular Hbond substituents is 2. The fourth-order valence-corrected chi connectivity index (χ4v) is 1.08. The number of aromatic hydroxyl groups is 2. The summed E-state index contributed by atoms with van der Waals surface area (Å²) in [5, 5.41) is 19.0. The molecule has 0 aliphatic rings. The molecule has 0 bridgehead atoms. The smallest absolute Gasteiger partial charge is 0.159 e. The van der Waals surface area contributed by atoms with Crippen molar-refractivity contribution in [1.29, 1.82) is 0 Å². The van der Waals surface area contributed by atoms with Gasteiger partial charge in [0, 0.05) is 23.2 Å². The minimum atomic E-state index is -0.0973. The molecule has 0 aliphatic heterocycles. The first-order chi connectivity index (χ1) is 5.27. The van der Waals surface area contributed by atoms with Crippen LogP contribution in [0.2, 0.25) is 0 Å². The maximum atomic E-state index is 9.07. The second kappa shape index (κ2) is 1.92. The maximum absolute atomic E-state index is 9.07. The predicted molar refractivity (Wildman–Crippen MR) is 41.6 cm³/mol. The van der Waals surface area contributed by atoms with Crippen LogP contribution in [0.3, 0.4) is 0 Å². The molecular formula is C8H7NO2. The Hall–Kier alpha value is -1.64. The molecule has 56 valence electrons. The molecular weight excluding hydrogens is 143 g/mol. The molecule has 0 amide bonds. The van der Waals surface area contributed by atoms with Crippen molar-refractivity contribution < 1.29 is 10.2 Å². The first kappa shape index (κ1) is 6.09. The van der Waals surface area contributed by atoms with Crippen LogP contribution in [0, 0.1) is 0 Å². The van der Waals surface area contributed by atoms with E-state index in [0.29, 0.717) is 0 Å². The van der Waals surface area contributed by atoms with Crippen LogP contribution < -0.4 is 0 Å². The Morgan fingerprint density at radius 1 is 1.09 bits per heavy atom. The molecule has 1 aromatic heterocycles. The van der Waals surface area contributed by atoms with E-state index in [2.05, 4.69) is 4.98 Å². The SMILES string of the molecule is Oc1cc2[13cH]c[nH]c2cc1O. The van der Waals surface area contributed by atoms with E-state index in [9.17, 15) is 0 Å². The van der Waals surface area contributed by atoms with Crippen molar-refractivity contribution in [1.82, 2.24) is 4.98 Å². The molecule has 0 spiro atoms. The van der Waals surface area contributed by atoms with E-state index < -0.39 is 0 Å². The molecule has 0 unspecified atom stereocenters. The lowest BCUT2D eigenvalue weighted by molar-refractivity contribution is 0.405. The van der Waals surface area contributed by atoms with E-state index in [1.165, 1.54) is 12.1 Å². The van der Waals surface area contributed by atoms with Crippen molar-refractivity contribution >= 4 is 10.9 Å². The van der Waals surface area contributed by atoms with Gasteiger partial charge in [-0.1, -0.05) is 0 Å². The molecule has 0 saturated heterocycles. The molecule has 2 rings (SSSR count). The first-order valence-electron chi connectivity index (χ1n) is 3.26. The van der Waals surface area contributed by atoms with Gasteiger partial charge in [0.25, 0.3) is 0 Å². The highest BCUT2D eigenvalue weighted by atomic mass is 16.3. The third-order valence-electron chi connectivity index (χ3n) is 1.65. The molecule has 1 heterocycles. The fraction of sp³-hybridized carbons (Fsp3) is 0. The molecule has 0 radical (unpaired) electrons. The maximum Gasteiger partial charge on any atom is 0.159 e. The molecule has 3 heteroatoms. The van der Waals surface area contributed by atoms with Gasteiger partial charge in [-0.2, -0.15) is 0 Å². The third kappa shape index (κ3) is 0.816. The first-order valence-corrected chi connectivity index (χ1v) is 3.26. The van der Waals surface area contributed by atoms with Crippen LogP contribution in [-0.4, -0.2) is 15.2 Å². The highest BCUT2D eigenvalue weighted by molar-refractivity contribution is 5.82. The third-order valence-corrected chi connectivity index (χ3v) is 1.65. The largest absolute Gasteiger partial charge is 0.504 e.